The Morgan fingerprint density at radius 1 is 1.14 bits per heavy atom. The molecule has 3 aromatic carbocycles. The van der Waals surface area contributed by atoms with Gasteiger partial charge in [-0.15, -0.1) is 0 Å². The topological polar surface area (TPSA) is 103 Å². The number of carbonyl (C=O) groups excluding carboxylic acids is 1. The van der Waals surface area contributed by atoms with Gasteiger partial charge in [-0.1, -0.05) is 51.5 Å². The number of fused-ring (bicyclic) bond motifs is 1. The number of aromatic nitrogens is 1. The van der Waals surface area contributed by atoms with E-state index in [9.17, 15) is 14.9 Å². The molecule has 0 fully saturated rings. The van der Waals surface area contributed by atoms with Crippen molar-refractivity contribution in [2.24, 2.45) is 4.99 Å². The van der Waals surface area contributed by atoms with E-state index in [1.165, 1.54) is 15.9 Å². The van der Waals surface area contributed by atoms with Crippen molar-refractivity contribution in [3.8, 4) is 17.6 Å². The van der Waals surface area contributed by atoms with Gasteiger partial charge in [0, 0.05) is 15.6 Å². The molecule has 5 rings (SSSR count). The van der Waals surface area contributed by atoms with E-state index in [1.807, 2.05) is 42.5 Å². The van der Waals surface area contributed by atoms with E-state index in [-0.39, 0.29) is 23.8 Å². The summed E-state index contributed by atoms with van der Waals surface area (Å²) in [6.45, 7) is 5.53. The number of esters is 1. The van der Waals surface area contributed by atoms with Gasteiger partial charge in [-0.05, 0) is 84.7 Å². The normalized spacial score (nSPS) is 14.6. The van der Waals surface area contributed by atoms with Crippen molar-refractivity contribution < 1.29 is 19.0 Å². The second-order valence-electron chi connectivity index (χ2n) is 10.2. The number of rotatable bonds is 8. The first-order valence-corrected chi connectivity index (χ1v) is 16.0. The predicted octanol–water partition coefficient (Wildman–Crippen LogP) is 6.17. The summed E-state index contributed by atoms with van der Waals surface area (Å²) in [6, 6.07) is 19.6. The lowest BCUT2D eigenvalue weighted by molar-refractivity contribution is -0.143. The molecule has 0 aliphatic carbocycles. The van der Waals surface area contributed by atoms with E-state index in [4.69, 9.17) is 14.2 Å². The minimum absolute atomic E-state index is 0.236. The van der Waals surface area contributed by atoms with Crippen molar-refractivity contribution in [1.29, 1.82) is 5.26 Å². The molecule has 0 spiro atoms. The lowest BCUT2D eigenvalue weighted by Crippen LogP contribution is -2.40. The first-order valence-electron chi connectivity index (χ1n) is 13.6. The van der Waals surface area contributed by atoms with Crippen molar-refractivity contribution in [2.45, 2.75) is 39.5 Å². The molecule has 1 atom stereocenters. The van der Waals surface area contributed by atoms with Gasteiger partial charge in [0.25, 0.3) is 5.56 Å². The number of ether oxygens (including phenoxy) is 3. The van der Waals surface area contributed by atoms with E-state index in [0.717, 1.165) is 15.6 Å². The van der Waals surface area contributed by atoms with Crippen LogP contribution in [0, 0.1) is 11.3 Å². The first kappa shape index (κ1) is 31.4. The summed E-state index contributed by atoms with van der Waals surface area (Å²) in [5, 5.41) is 9.35. The monoisotopic (exact) mass is 735 g/mol. The van der Waals surface area contributed by atoms with Crippen LogP contribution in [0.25, 0.3) is 6.08 Å². The summed E-state index contributed by atoms with van der Waals surface area (Å²) in [4.78, 5) is 32.6. The van der Waals surface area contributed by atoms with Crippen LogP contribution in [-0.4, -0.2) is 23.8 Å². The zero-order chi connectivity index (χ0) is 31.5. The molecule has 1 aromatic heterocycles. The Labute approximate surface area is 274 Å². The van der Waals surface area contributed by atoms with E-state index in [2.05, 4.69) is 42.9 Å². The van der Waals surface area contributed by atoms with Gasteiger partial charge in [0.2, 0.25) is 0 Å². The summed E-state index contributed by atoms with van der Waals surface area (Å²) < 4.78 is 20.7. The largest absolute Gasteiger partial charge is 0.496 e. The third kappa shape index (κ3) is 6.43. The van der Waals surface area contributed by atoms with Crippen molar-refractivity contribution >= 4 is 55.2 Å². The van der Waals surface area contributed by atoms with Gasteiger partial charge in [-0.25, -0.2) is 9.79 Å². The van der Waals surface area contributed by atoms with Crippen molar-refractivity contribution in [3.05, 3.63) is 123 Å². The SMILES string of the molecule is COc1ccc(Br)cc1[C@@H]1C(C(=O)OC(C)C)=C(C)N=c2s/c(=C\c3ccc(OCc4ccccc4C#N)c(Br)c3)c(=O)n21. The van der Waals surface area contributed by atoms with Crippen molar-refractivity contribution in [2.75, 3.05) is 7.11 Å². The Hall–Kier alpha value is -3.98. The fourth-order valence-electron chi connectivity index (χ4n) is 4.86. The zero-order valence-electron chi connectivity index (χ0n) is 24.3. The molecule has 0 bridgehead atoms. The van der Waals surface area contributed by atoms with Gasteiger partial charge in [0.15, 0.2) is 4.80 Å². The molecule has 1 aliphatic heterocycles. The molecule has 0 radical (unpaired) electrons. The number of hydrogen-bond donors (Lipinski definition) is 0. The van der Waals surface area contributed by atoms with Gasteiger partial charge >= 0.3 is 5.97 Å². The summed E-state index contributed by atoms with van der Waals surface area (Å²) in [5.41, 5.74) is 3.18. The highest BCUT2D eigenvalue weighted by Crippen LogP contribution is 2.37. The number of carbonyl (C=O) groups is 1. The minimum atomic E-state index is -0.814. The number of nitrogens with zero attached hydrogens (tertiary/aromatic N) is 3. The molecule has 4 aromatic rings. The highest BCUT2D eigenvalue weighted by molar-refractivity contribution is 9.10. The van der Waals surface area contributed by atoms with Gasteiger partial charge in [-0.3, -0.25) is 9.36 Å². The third-order valence-corrected chi connectivity index (χ3v) is 8.94. The van der Waals surface area contributed by atoms with Crippen LogP contribution < -0.4 is 24.4 Å². The molecule has 0 N–H and O–H groups in total. The van der Waals surface area contributed by atoms with Crippen LogP contribution in [-0.2, 0) is 16.1 Å². The summed E-state index contributed by atoms with van der Waals surface area (Å²) >= 11 is 8.34. The molecule has 11 heteroatoms. The maximum Gasteiger partial charge on any atom is 0.338 e. The molecule has 2 heterocycles. The molecule has 0 saturated heterocycles. The molecule has 224 valence electrons. The highest BCUT2D eigenvalue weighted by atomic mass is 79.9. The van der Waals surface area contributed by atoms with E-state index < -0.39 is 12.0 Å². The minimum Gasteiger partial charge on any atom is -0.496 e. The number of thiazole rings is 1. The Morgan fingerprint density at radius 3 is 2.59 bits per heavy atom. The third-order valence-electron chi connectivity index (χ3n) is 6.85. The molecule has 0 unspecified atom stereocenters. The van der Waals surface area contributed by atoms with E-state index in [1.54, 1.807) is 52.2 Å². The number of nitriles is 1. The standard InChI is InChI=1S/C33H27Br2N3O5S/c1-18(2)43-32(40)29-19(3)37-33-38(30(29)24-15-23(34)10-12-26(24)41-4)31(39)28(44-33)14-20-9-11-27(25(35)13-20)42-17-22-8-6-5-7-21(22)16-36/h5-15,18,30H,17H2,1-4H3/b28-14-/t30-/m1/s1. The summed E-state index contributed by atoms with van der Waals surface area (Å²) in [6.07, 6.45) is 1.42. The van der Waals surface area contributed by atoms with Crippen LogP contribution in [0.3, 0.4) is 0 Å². The Morgan fingerprint density at radius 2 is 1.89 bits per heavy atom. The van der Waals surface area contributed by atoms with Gasteiger partial charge in [0.1, 0.15) is 24.1 Å². The van der Waals surface area contributed by atoms with Crippen LogP contribution in [0.1, 0.15) is 49.1 Å². The predicted molar refractivity (Wildman–Crippen MR) is 175 cm³/mol. The maximum atomic E-state index is 14.0. The second kappa shape index (κ2) is 13.3. The van der Waals surface area contributed by atoms with Crippen molar-refractivity contribution in [3.63, 3.8) is 0 Å². The number of benzene rings is 3. The fourth-order valence-corrected chi connectivity index (χ4v) is 6.80. The number of hydrogen-bond acceptors (Lipinski definition) is 8. The van der Waals surface area contributed by atoms with E-state index in [0.29, 0.717) is 42.1 Å². The quantitative estimate of drug-likeness (QED) is 0.201. The van der Waals surface area contributed by atoms with Crippen LogP contribution in [0.2, 0.25) is 0 Å². The van der Waals surface area contributed by atoms with Crippen LogP contribution in [0.4, 0.5) is 0 Å². The van der Waals surface area contributed by atoms with Crippen molar-refractivity contribution in [1.82, 2.24) is 4.57 Å². The Bertz CT molecular complexity index is 2020. The van der Waals surface area contributed by atoms with Gasteiger partial charge in [-0.2, -0.15) is 5.26 Å². The summed E-state index contributed by atoms with van der Waals surface area (Å²) in [7, 11) is 1.55. The first-order chi connectivity index (χ1) is 21.1. The van der Waals surface area contributed by atoms with Crippen LogP contribution in [0.15, 0.2) is 90.7 Å². The average Bonchev–Trinajstić information content (AvgIpc) is 3.29. The number of methoxy groups -OCH3 is 1. The Balaban J connectivity index is 1.56. The lowest BCUT2D eigenvalue weighted by atomic mass is 9.95. The number of halogens is 2. The van der Waals surface area contributed by atoms with Gasteiger partial charge in [0.05, 0.1) is 45.1 Å². The smallest absolute Gasteiger partial charge is 0.338 e. The fraction of sp³-hybridized carbons (Fsp3) is 0.212. The number of allylic oxidation sites excluding steroid dienone is 1. The molecule has 8 nitrogen and oxygen atoms in total. The molecule has 1 aliphatic rings. The summed E-state index contributed by atoms with van der Waals surface area (Å²) in [5.74, 6) is 0.579. The van der Waals surface area contributed by atoms with Gasteiger partial charge < -0.3 is 14.2 Å². The second-order valence-corrected chi connectivity index (χ2v) is 12.9. The molecule has 0 amide bonds. The van der Waals surface area contributed by atoms with Crippen LogP contribution >= 0.6 is 43.2 Å². The molecular formula is C33H27Br2N3O5S. The lowest BCUT2D eigenvalue weighted by Gasteiger charge is -2.26. The highest BCUT2D eigenvalue weighted by Gasteiger charge is 2.35. The zero-order valence-corrected chi connectivity index (χ0v) is 28.2. The van der Waals surface area contributed by atoms with E-state index >= 15 is 0 Å². The molecule has 0 saturated carbocycles. The molecule has 44 heavy (non-hydrogen) atoms. The maximum absolute atomic E-state index is 14.0. The van der Waals surface area contributed by atoms with Crippen LogP contribution in [0.5, 0.6) is 11.5 Å². The molecular weight excluding hydrogens is 710 g/mol. The average molecular weight is 737 g/mol. The Kier molecular flexibility index (Phi) is 9.53.